The van der Waals surface area contributed by atoms with Gasteiger partial charge in [-0.15, -0.1) is 0 Å². The maximum absolute atomic E-state index is 11.6. The first-order chi connectivity index (χ1) is 9.13. The van der Waals surface area contributed by atoms with Crippen molar-refractivity contribution in [1.29, 1.82) is 0 Å². The summed E-state index contributed by atoms with van der Waals surface area (Å²) in [5.74, 6) is 0.292. The molecule has 1 aromatic heterocycles. The standard InChI is InChI=1S/C13H10BrClN2O2/c14-12-5-4-10(7-16-12)17-13(18)8-19-11-3-1-2-9(15)6-11/h1-7H,8H2,(H,17,18). The van der Waals surface area contributed by atoms with E-state index in [1.165, 1.54) is 0 Å². The Labute approximate surface area is 123 Å². The molecule has 98 valence electrons. The Morgan fingerprint density at radius 2 is 2.21 bits per heavy atom. The molecule has 6 heteroatoms. The van der Waals surface area contributed by atoms with Gasteiger partial charge in [-0.25, -0.2) is 4.98 Å². The van der Waals surface area contributed by atoms with Crippen LogP contribution in [0.15, 0.2) is 47.2 Å². The molecule has 2 aromatic rings. The summed E-state index contributed by atoms with van der Waals surface area (Å²) in [5, 5.41) is 3.24. The summed E-state index contributed by atoms with van der Waals surface area (Å²) < 4.78 is 6.03. The molecule has 0 radical (unpaired) electrons. The predicted octanol–water partition coefficient (Wildman–Crippen LogP) is 3.52. The number of benzene rings is 1. The van der Waals surface area contributed by atoms with Crippen molar-refractivity contribution in [2.45, 2.75) is 0 Å². The number of carbonyl (C=O) groups is 1. The minimum absolute atomic E-state index is 0.0869. The van der Waals surface area contributed by atoms with Gasteiger partial charge in [-0.05, 0) is 46.3 Å². The Hall–Kier alpha value is -1.59. The van der Waals surface area contributed by atoms with Crippen LogP contribution in [-0.4, -0.2) is 17.5 Å². The normalized spacial score (nSPS) is 10.0. The first-order valence-corrected chi connectivity index (χ1v) is 6.60. The third-order valence-electron chi connectivity index (χ3n) is 2.18. The summed E-state index contributed by atoms with van der Waals surface area (Å²) in [7, 11) is 0. The lowest BCUT2D eigenvalue weighted by Crippen LogP contribution is -2.20. The fraction of sp³-hybridized carbons (Fsp3) is 0.0769. The minimum atomic E-state index is -0.260. The van der Waals surface area contributed by atoms with Gasteiger partial charge in [0, 0.05) is 5.02 Å². The van der Waals surface area contributed by atoms with Crippen LogP contribution in [0, 0.1) is 0 Å². The number of rotatable bonds is 4. The van der Waals surface area contributed by atoms with Crippen molar-refractivity contribution >= 4 is 39.1 Å². The lowest BCUT2D eigenvalue weighted by molar-refractivity contribution is -0.118. The number of hydrogen-bond donors (Lipinski definition) is 1. The van der Waals surface area contributed by atoms with Gasteiger partial charge >= 0.3 is 0 Å². The van der Waals surface area contributed by atoms with Gasteiger partial charge in [-0.1, -0.05) is 17.7 Å². The monoisotopic (exact) mass is 340 g/mol. The quantitative estimate of drug-likeness (QED) is 0.866. The van der Waals surface area contributed by atoms with E-state index in [2.05, 4.69) is 26.2 Å². The van der Waals surface area contributed by atoms with Gasteiger partial charge in [0.05, 0.1) is 11.9 Å². The molecule has 1 N–H and O–H groups in total. The lowest BCUT2D eigenvalue weighted by atomic mass is 10.3. The summed E-state index contributed by atoms with van der Waals surface area (Å²) in [5.41, 5.74) is 0.614. The van der Waals surface area contributed by atoms with E-state index in [0.29, 0.717) is 21.1 Å². The highest BCUT2D eigenvalue weighted by atomic mass is 79.9. The van der Waals surface area contributed by atoms with Crippen LogP contribution in [0.1, 0.15) is 0 Å². The second-order valence-corrected chi connectivity index (χ2v) is 4.91. The van der Waals surface area contributed by atoms with Crippen LogP contribution in [0.4, 0.5) is 5.69 Å². The number of nitrogens with zero attached hydrogens (tertiary/aromatic N) is 1. The number of anilines is 1. The van der Waals surface area contributed by atoms with Gasteiger partial charge in [-0.3, -0.25) is 4.79 Å². The summed E-state index contributed by atoms with van der Waals surface area (Å²) in [4.78, 5) is 15.7. The fourth-order valence-electron chi connectivity index (χ4n) is 1.35. The second kappa shape index (κ2) is 6.54. The van der Waals surface area contributed by atoms with Crippen molar-refractivity contribution in [2.24, 2.45) is 0 Å². The van der Waals surface area contributed by atoms with Crippen LogP contribution in [-0.2, 0) is 4.79 Å². The van der Waals surface area contributed by atoms with Gasteiger partial charge < -0.3 is 10.1 Å². The van der Waals surface area contributed by atoms with E-state index in [9.17, 15) is 4.79 Å². The van der Waals surface area contributed by atoms with Crippen LogP contribution in [0.2, 0.25) is 5.02 Å². The molecule has 0 saturated heterocycles. The Balaban J connectivity index is 1.86. The predicted molar refractivity (Wildman–Crippen MR) is 77.5 cm³/mol. The van der Waals surface area contributed by atoms with Gasteiger partial charge in [-0.2, -0.15) is 0 Å². The SMILES string of the molecule is O=C(COc1cccc(Cl)c1)Nc1ccc(Br)nc1. The van der Waals surface area contributed by atoms with E-state index in [1.54, 1.807) is 42.6 Å². The average molecular weight is 342 g/mol. The van der Waals surface area contributed by atoms with Crippen molar-refractivity contribution < 1.29 is 9.53 Å². The van der Waals surface area contributed by atoms with E-state index in [0.717, 1.165) is 0 Å². The molecule has 0 fully saturated rings. The van der Waals surface area contributed by atoms with Gasteiger partial charge in [0.1, 0.15) is 10.4 Å². The van der Waals surface area contributed by atoms with Crippen LogP contribution in [0.25, 0.3) is 0 Å². The van der Waals surface area contributed by atoms with Crippen molar-refractivity contribution in [2.75, 3.05) is 11.9 Å². The molecule has 0 bridgehead atoms. The van der Waals surface area contributed by atoms with Crippen molar-refractivity contribution in [3.63, 3.8) is 0 Å². The molecule has 0 aliphatic rings. The molecule has 0 spiro atoms. The third kappa shape index (κ3) is 4.54. The molecular weight excluding hydrogens is 332 g/mol. The minimum Gasteiger partial charge on any atom is -0.484 e. The highest BCUT2D eigenvalue weighted by Crippen LogP contribution is 2.17. The highest BCUT2D eigenvalue weighted by Gasteiger charge is 2.04. The zero-order chi connectivity index (χ0) is 13.7. The van der Waals surface area contributed by atoms with Gasteiger partial charge in [0.15, 0.2) is 6.61 Å². The molecule has 2 rings (SSSR count). The topological polar surface area (TPSA) is 51.2 Å². The molecule has 1 aromatic carbocycles. The summed E-state index contributed by atoms with van der Waals surface area (Å²) >= 11 is 9.03. The molecular formula is C13H10BrClN2O2. The zero-order valence-electron chi connectivity index (χ0n) is 9.77. The van der Waals surface area contributed by atoms with E-state index in [4.69, 9.17) is 16.3 Å². The Morgan fingerprint density at radius 1 is 1.37 bits per heavy atom. The Morgan fingerprint density at radius 3 is 2.89 bits per heavy atom. The van der Waals surface area contributed by atoms with Crippen LogP contribution in [0.3, 0.4) is 0 Å². The van der Waals surface area contributed by atoms with Gasteiger partial charge in [0.25, 0.3) is 5.91 Å². The molecule has 4 nitrogen and oxygen atoms in total. The van der Waals surface area contributed by atoms with Crippen molar-refractivity contribution in [1.82, 2.24) is 4.98 Å². The van der Waals surface area contributed by atoms with Gasteiger partial charge in [0.2, 0.25) is 0 Å². The molecule has 1 heterocycles. The molecule has 0 aliphatic carbocycles. The van der Waals surface area contributed by atoms with E-state index in [-0.39, 0.29) is 12.5 Å². The molecule has 0 atom stereocenters. The number of halogens is 2. The first-order valence-electron chi connectivity index (χ1n) is 5.43. The maximum atomic E-state index is 11.6. The van der Waals surface area contributed by atoms with E-state index >= 15 is 0 Å². The van der Waals surface area contributed by atoms with Crippen LogP contribution < -0.4 is 10.1 Å². The number of ether oxygens (including phenoxy) is 1. The number of aromatic nitrogens is 1. The number of nitrogens with one attached hydrogen (secondary N) is 1. The molecule has 1 amide bonds. The van der Waals surface area contributed by atoms with Crippen molar-refractivity contribution in [3.05, 3.63) is 52.2 Å². The number of carbonyl (C=O) groups excluding carboxylic acids is 1. The fourth-order valence-corrected chi connectivity index (χ4v) is 1.77. The largest absolute Gasteiger partial charge is 0.484 e. The molecule has 0 saturated carbocycles. The summed E-state index contributed by atoms with van der Waals surface area (Å²) in [6.45, 7) is -0.0869. The summed E-state index contributed by atoms with van der Waals surface area (Å²) in [6, 6.07) is 10.4. The molecule has 0 unspecified atom stereocenters. The average Bonchev–Trinajstić information content (AvgIpc) is 2.39. The van der Waals surface area contributed by atoms with Crippen molar-refractivity contribution in [3.8, 4) is 5.75 Å². The zero-order valence-corrected chi connectivity index (χ0v) is 12.1. The number of pyridine rings is 1. The Bertz CT molecular complexity index is 575. The number of hydrogen-bond acceptors (Lipinski definition) is 3. The van der Waals surface area contributed by atoms with E-state index in [1.807, 2.05) is 0 Å². The summed E-state index contributed by atoms with van der Waals surface area (Å²) in [6.07, 6.45) is 1.56. The highest BCUT2D eigenvalue weighted by molar-refractivity contribution is 9.10. The third-order valence-corrected chi connectivity index (χ3v) is 2.88. The Kier molecular flexibility index (Phi) is 4.76. The lowest BCUT2D eigenvalue weighted by Gasteiger charge is -2.07. The molecule has 19 heavy (non-hydrogen) atoms. The van der Waals surface area contributed by atoms with Crippen LogP contribution in [0.5, 0.6) is 5.75 Å². The van der Waals surface area contributed by atoms with E-state index < -0.39 is 0 Å². The maximum Gasteiger partial charge on any atom is 0.262 e. The molecule has 0 aliphatic heterocycles. The smallest absolute Gasteiger partial charge is 0.262 e. The number of amides is 1. The first kappa shape index (κ1) is 13.8. The second-order valence-electron chi connectivity index (χ2n) is 3.66. The van der Waals surface area contributed by atoms with Crippen LogP contribution >= 0.6 is 27.5 Å².